The number of carbonyl (C=O) groups is 1. The van der Waals surface area contributed by atoms with Crippen LogP contribution in [0.1, 0.15) is 27.3 Å². The monoisotopic (exact) mass is 349 g/mol. The van der Waals surface area contributed by atoms with Crippen molar-refractivity contribution in [2.45, 2.75) is 26.3 Å². The number of rotatable bonds is 5. The number of pyridine rings is 1. The average molecular weight is 349 g/mol. The first-order chi connectivity index (χ1) is 12.8. The first-order valence-corrected chi connectivity index (χ1v) is 8.53. The van der Waals surface area contributed by atoms with Gasteiger partial charge in [0.15, 0.2) is 0 Å². The second-order valence-electron chi connectivity index (χ2n) is 6.15. The second-order valence-corrected chi connectivity index (χ2v) is 6.15. The molecule has 1 aromatic carbocycles. The molecule has 1 aliphatic rings. The van der Waals surface area contributed by atoms with E-state index in [1.165, 1.54) is 0 Å². The fraction of sp³-hybridized carbons (Fsp3) is 0.263. The summed E-state index contributed by atoms with van der Waals surface area (Å²) >= 11 is 0. The van der Waals surface area contributed by atoms with Crippen molar-refractivity contribution >= 4 is 5.91 Å². The van der Waals surface area contributed by atoms with Crippen molar-refractivity contribution < 1.29 is 9.53 Å². The Morgan fingerprint density at radius 2 is 1.96 bits per heavy atom. The van der Waals surface area contributed by atoms with E-state index in [9.17, 15) is 4.79 Å². The van der Waals surface area contributed by atoms with Gasteiger partial charge in [0.25, 0.3) is 5.91 Å². The van der Waals surface area contributed by atoms with Crippen molar-refractivity contribution in [3.05, 3.63) is 77.4 Å². The molecule has 3 aromatic rings. The highest BCUT2D eigenvalue weighted by Gasteiger charge is 2.25. The standard InChI is InChI=1S/C19H19N5O2/c25-19(16-6-2-1-3-7-16)23-9-10-24-18(12-23)17(21-22-24)14-26-13-15-5-4-8-20-11-15/h1-8,11H,9-10,12-14H2. The van der Waals surface area contributed by atoms with Crippen LogP contribution in [0.2, 0.25) is 0 Å². The Hall–Kier alpha value is -3.06. The second kappa shape index (κ2) is 7.45. The predicted octanol–water partition coefficient (Wildman–Crippen LogP) is 2.05. The van der Waals surface area contributed by atoms with Gasteiger partial charge >= 0.3 is 0 Å². The summed E-state index contributed by atoms with van der Waals surface area (Å²) in [5.74, 6) is 0.0280. The summed E-state index contributed by atoms with van der Waals surface area (Å²) in [4.78, 5) is 18.6. The van der Waals surface area contributed by atoms with E-state index >= 15 is 0 Å². The van der Waals surface area contributed by atoms with Gasteiger partial charge in [0.05, 0.1) is 32.0 Å². The topological polar surface area (TPSA) is 73.1 Å². The number of ether oxygens (including phenoxy) is 1. The number of aromatic nitrogens is 4. The van der Waals surface area contributed by atoms with Crippen LogP contribution in [0.25, 0.3) is 0 Å². The molecule has 1 aliphatic heterocycles. The molecule has 0 unspecified atom stereocenters. The van der Waals surface area contributed by atoms with Crippen LogP contribution in [0.5, 0.6) is 0 Å². The molecule has 0 radical (unpaired) electrons. The first-order valence-electron chi connectivity index (χ1n) is 8.53. The van der Waals surface area contributed by atoms with Crippen molar-refractivity contribution in [3.63, 3.8) is 0 Å². The molecule has 7 nitrogen and oxygen atoms in total. The normalized spacial score (nSPS) is 13.5. The molecule has 7 heteroatoms. The summed E-state index contributed by atoms with van der Waals surface area (Å²) in [6.07, 6.45) is 3.51. The summed E-state index contributed by atoms with van der Waals surface area (Å²) < 4.78 is 7.61. The largest absolute Gasteiger partial charge is 0.370 e. The van der Waals surface area contributed by atoms with E-state index in [0.29, 0.717) is 38.4 Å². The van der Waals surface area contributed by atoms with Gasteiger partial charge in [-0.25, -0.2) is 4.68 Å². The highest BCUT2D eigenvalue weighted by Crippen LogP contribution is 2.18. The van der Waals surface area contributed by atoms with Gasteiger partial charge in [0, 0.05) is 24.5 Å². The molecule has 0 N–H and O–H groups in total. The van der Waals surface area contributed by atoms with E-state index in [4.69, 9.17) is 4.74 Å². The summed E-state index contributed by atoms with van der Waals surface area (Å²) in [7, 11) is 0. The fourth-order valence-corrected chi connectivity index (χ4v) is 2.99. The quantitative estimate of drug-likeness (QED) is 0.705. The molecule has 132 valence electrons. The van der Waals surface area contributed by atoms with Gasteiger partial charge in [0.1, 0.15) is 5.69 Å². The highest BCUT2D eigenvalue weighted by molar-refractivity contribution is 5.94. The van der Waals surface area contributed by atoms with Crippen LogP contribution in [0.4, 0.5) is 0 Å². The van der Waals surface area contributed by atoms with Crippen LogP contribution >= 0.6 is 0 Å². The maximum absolute atomic E-state index is 12.7. The lowest BCUT2D eigenvalue weighted by Crippen LogP contribution is -2.38. The zero-order valence-corrected chi connectivity index (χ0v) is 14.3. The van der Waals surface area contributed by atoms with Crippen LogP contribution in [-0.2, 0) is 31.0 Å². The minimum Gasteiger partial charge on any atom is -0.370 e. The molecule has 2 aromatic heterocycles. The summed E-state index contributed by atoms with van der Waals surface area (Å²) in [6, 6.07) is 13.2. The third kappa shape index (κ3) is 3.48. The Morgan fingerprint density at radius 3 is 2.77 bits per heavy atom. The van der Waals surface area contributed by atoms with Gasteiger partial charge < -0.3 is 9.64 Å². The Kier molecular flexibility index (Phi) is 4.70. The van der Waals surface area contributed by atoms with Crippen molar-refractivity contribution in [3.8, 4) is 0 Å². The van der Waals surface area contributed by atoms with Crippen molar-refractivity contribution in [2.24, 2.45) is 0 Å². The van der Waals surface area contributed by atoms with Gasteiger partial charge in [-0.1, -0.05) is 29.5 Å². The van der Waals surface area contributed by atoms with E-state index in [2.05, 4.69) is 15.3 Å². The molecule has 0 aliphatic carbocycles. The van der Waals surface area contributed by atoms with E-state index in [-0.39, 0.29) is 5.91 Å². The third-order valence-electron chi connectivity index (χ3n) is 4.38. The maximum atomic E-state index is 12.7. The number of benzene rings is 1. The van der Waals surface area contributed by atoms with Gasteiger partial charge in [0.2, 0.25) is 0 Å². The molecule has 4 rings (SSSR count). The van der Waals surface area contributed by atoms with Gasteiger partial charge in [-0.2, -0.15) is 0 Å². The Balaban J connectivity index is 1.42. The predicted molar refractivity (Wildman–Crippen MR) is 93.9 cm³/mol. The molecule has 0 saturated heterocycles. The molecule has 0 fully saturated rings. The average Bonchev–Trinajstić information content (AvgIpc) is 3.11. The minimum absolute atomic E-state index is 0.0280. The zero-order chi connectivity index (χ0) is 17.8. The molecule has 0 saturated carbocycles. The van der Waals surface area contributed by atoms with Crippen molar-refractivity contribution in [1.29, 1.82) is 0 Å². The van der Waals surface area contributed by atoms with Crippen LogP contribution in [-0.4, -0.2) is 37.3 Å². The third-order valence-corrected chi connectivity index (χ3v) is 4.38. The lowest BCUT2D eigenvalue weighted by atomic mass is 10.1. The number of amides is 1. The highest BCUT2D eigenvalue weighted by atomic mass is 16.5. The summed E-state index contributed by atoms with van der Waals surface area (Å²) in [5.41, 5.74) is 3.42. The van der Waals surface area contributed by atoms with Crippen LogP contribution < -0.4 is 0 Å². The Labute approximate surface area is 151 Å². The van der Waals surface area contributed by atoms with Gasteiger partial charge in [-0.05, 0) is 23.8 Å². The Morgan fingerprint density at radius 1 is 1.08 bits per heavy atom. The molecule has 26 heavy (non-hydrogen) atoms. The first kappa shape index (κ1) is 16.4. The number of fused-ring (bicyclic) bond motifs is 1. The number of nitrogens with zero attached hydrogens (tertiary/aromatic N) is 5. The Bertz CT molecular complexity index is 879. The van der Waals surface area contributed by atoms with Crippen molar-refractivity contribution in [1.82, 2.24) is 24.9 Å². The van der Waals surface area contributed by atoms with E-state index in [1.54, 1.807) is 12.4 Å². The number of hydrogen-bond acceptors (Lipinski definition) is 5. The van der Waals surface area contributed by atoms with E-state index in [0.717, 1.165) is 17.0 Å². The lowest BCUT2D eigenvalue weighted by Gasteiger charge is -2.27. The van der Waals surface area contributed by atoms with Gasteiger partial charge in [-0.15, -0.1) is 5.10 Å². The summed E-state index contributed by atoms with van der Waals surface area (Å²) in [6.45, 7) is 2.58. The van der Waals surface area contributed by atoms with Crippen LogP contribution in [0, 0.1) is 0 Å². The van der Waals surface area contributed by atoms with E-state index < -0.39 is 0 Å². The molecule has 0 spiro atoms. The maximum Gasteiger partial charge on any atom is 0.254 e. The minimum atomic E-state index is 0.0280. The number of hydrogen-bond donors (Lipinski definition) is 0. The van der Waals surface area contributed by atoms with E-state index in [1.807, 2.05) is 52.0 Å². The SMILES string of the molecule is O=C(c1ccccc1)N1CCn2nnc(COCc3cccnc3)c2C1. The van der Waals surface area contributed by atoms with Crippen LogP contribution in [0.15, 0.2) is 54.9 Å². The molecule has 1 amide bonds. The molecule has 3 heterocycles. The number of carbonyl (C=O) groups excluding carboxylic acids is 1. The lowest BCUT2D eigenvalue weighted by molar-refractivity contribution is 0.0698. The fourth-order valence-electron chi connectivity index (χ4n) is 2.99. The van der Waals surface area contributed by atoms with Gasteiger partial charge in [-0.3, -0.25) is 9.78 Å². The molecule has 0 bridgehead atoms. The molecular weight excluding hydrogens is 330 g/mol. The van der Waals surface area contributed by atoms with Crippen molar-refractivity contribution in [2.75, 3.05) is 6.54 Å². The smallest absolute Gasteiger partial charge is 0.254 e. The zero-order valence-electron chi connectivity index (χ0n) is 14.3. The summed E-state index contributed by atoms with van der Waals surface area (Å²) in [5, 5.41) is 8.42. The molecular formula is C19H19N5O2. The van der Waals surface area contributed by atoms with Crippen LogP contribution in [0.3, 0.4) is 0 Å². The molecule has 0 atom stereocenters.